The van der Waals surface area contributed by atoms with Gasteiger partial charge in [-0.05, 0) is 24.0 Å². The fourth-order valence-electron chi connectivity index (χ4n) is 2.76. The lowest BCUT2D eigenvalue weighted by atomic mass is 10.0. The van der Waals surface area contributed by atoms with Crippen LogP contribution in [0.5, 0.6) is 0 Å². The number of rotatable bonds is 6. The Labute approximate surface area is 129 Å². The largest absolute Gasteiger partial charge is 0.339 e. The summed E-state index contributed by atoms with van der Waals surface area (Å²) >= 11 is 1.96. The van der Waals surface area contributed by atoms with E-state index < -0.39 is 0 Å². The third kappa shape index (κ3) is 3.86. The molecule has 0 saturated heterocycles. The van der Waals surface area contributed by atoms with E-state index in [-0.39, 0.29) is 0 Å². The molecule has 0 aliphatic heterocycles. The topological polar surface area (TPSA) is 64.9 Å². The highest BCUT2D eigenvalue weighted by atomic mass is 32.2. The van der Waals surface area contributed by atoms with Crippen LogP contribution in [0.1, 0.15) is 48.5 Å². The molecule has 0 radical (unpaired) electrons. The van der Waals surface area contributed by atoms with Crippen LogP contribution in [-0.2, 0) is 18.7 Å². The van der Waals surface area contributed by atoms with Crippen molar-refractivity contribution in [2.24, 2.45) is 5.73 Å². The van der Waals surface area contributed by atoms with Crippen LogP contribution in [-0.4, -0.2) is 15.4 Å². The molecule has 0 unspecified atom stereocenters. The summed E-state index contributed by atoms with van der Waals surface area (Å²) in [7, 11) is 0. The van der Waals surface area contributed by atoms with Crippen molar-refractivity contribution >= 4 is 11.8 Å². The van der Waals surface area contributed by atoms with Gasteiger partial charge in [0.25, 0.3) is 0 Å². The number of hydrogen-bond acceptors (Lipinski definition) is 5. The van der Waals surface area contributed by atoms with E-state index in [1.165, 1.54) is 31.2 Å². The number of nitrogens with zero attached hydrogens (tertiary/aromatic N) is 2. The quantitative estimate of drug-likeness (QED) is 0.887. The van der Waals surface area contributed by atoms with Gasteiger partial charge in [0, 0.05) is 11.8 Å². The fraction of sp³-hybridized carbons (Fsp3) is 0.500. The van der Waals surface area contributed by atoms with E-state index in [1.54, 1.807) is 0 Å². The first-order valence-electron chi connectivity index (χ1n) is 7.55. The maximum absolute atomic E-state index is 5.76. The molecule has 0 spiro atoms. The van der Waals surface area contributed by atoms with Crippen molar-refractivity contribution in [3.05, 3.63) is 47.1 Å². The fourth-order valence-corrected chi connectivity index (χ4v) is 3.93. The number of benzene rings is 1. The molecule has 0 amide bonds. The Balaban J connectivity index is 1.59. The second-order valence-electron chi connectivity index (χ2n) is 5.47. The Morgan fingerprint density at radius 2 is 1.95 bits per heavy atom. The van der Waals surface area contributed by atoms with Crippen LogP contribution in [0.15, 0.2) is 28.8 Å². The monoisotopic (exact) mass is 303 g/mol. The molecule has 1 aromatic carbocycles. The van der Waals surface area contributed by atoms with E-state index in [0.717, 1.165) is 22.4 Å². The molecule has 112 valence electrons. The van der Waals surface area contributed by atoms with Gasteiger partial charge in [0.1, 0.15) is 0 Å². The summed E-state index contributed by atoms with van der Waals surface area (Å²) in [6.45, 7) is 0.536. The zero-order valence-corrected chi connectivity index (χ0v) is 12.9. The predicted octanol–water partition coefficient (Wildman–Crippen LogP) is 3.29. The molecule has 4 nitrogen and oxygen atoms in total. The second kappa shape index (κ2) is 7.09. The minimum absolute atomic E-state index is 0.536. The van der Waals surface area contributed by atoms with Crippen molar-refractivity contribution < 1.29 is 4.52 Å². The summed E-state index contributed by atoms with van der Waals surface area (Å²) in [5.41, 5.74) is 8.06. The van der Waals surface area contributed by atoms with Crippen LogP contribution in [0.3, 0.4) is 0 Å². The molecular formula is C16H21N3OS. The van der Waals surface area contributed by atoms with Crippen LogP contribution in [0.4, 0.5) is 0 Å². The van der Waals surface area contributed by atoms with Gasteiger partial charge >= 0.3 is 0 Å². The highest BCUT2D eigenvalue weighted by Crippen LogP contribution is 2.31. The maximum Gasteiger partial charge on any atom is 0.231 e. The van der Waals surface area contributed by atoms with Crippen LogP contribution < -0.4 is 5.73 Å². The summed E-state index contributed by atoms with van der Waals surface area (Å²) in [6, 6.07) is 8.13. The van der Waals surface area contributed by atoms with Crippen molar-refractivity contribution in [2.45, 2.75) is 49.7 Å². The van der Waals surface area contributed by atoms with Crippen molar-refractivity contribution in [3.63, 3.8) is 0 Å². The molecule has 2 N–H and O–H groups in total. The first kappa shape index (κ1) is 14.6. The third-order valence-electron chi connectivity index (χ3n) is 3.94. The molecular weight excluding hydrogens is 282 g/mol. The van der Waals surface area contributed by atoms with Gasteiger partial charge in [0.05, 0.1) is 12.2 Å². The van der Waals surface area contributed by atoms with E-state index in [1.807, 2.05) is 30.0 Å². The molecule has 1 saturated carbocycles. The Hall–Kier alpha value is -1.33. The lowest BCUT2D eigenvalue weighted by Gasteiger charge is -2.05. The zero-order chi connectivity index (χ0) is 14.5. The molecule has 21 heavy (non-hydrogen) atoms. The summed E-state index contributed by atoms with van der Waals surface area (Å²) in [6.07, 6.45) is 6.06. The van der Waals surface area contributed by atoms with Gasteiger partial charge in [-0.25, -0.2) is 0 Å². The van der Waals surface area contributed by atoms with E-state index in [0.29, 0.717) is 18.9 Å². The van der Waals surface area contributed by atoms with Gasteiger partial charge in [-0.3, -0.25) is 0 Å². The normalized spacial score (nSPS) is 15.7. The smallest absolute Gasteiger partial charge is 0.231 e. The van der Waals surface area contributed by atoms with Crippen molar-refractivity contribution in [1.82, 2.24) is 10.1 Å². The molecule has 0 bridgehead atoms. The molecule has 0 atom stereocenters. The van der Waals surface area contributed by atoms with Crippen LogP contribution in [0.2, 0.25) is 0 Å². The minimum atomic E-state index is 0.536. The molecule has 3 rings (SSSR count). The summed E-state index contributed by atoms with van der Waals surface area (Å²) in [5, 5.41) is 4.87. The van der Waals surface area contributed by atoms with Gasteiger partial charge in [-0.15, -0.1) is 0 Å². The van der Waals surface area contributed by atoms with Crippen LogP contribution in [0.25, 0.3) is 0 Å². The lowest BCUT2D eigenvalue weighted by Crippen LogP contribution is -2.02. The summed E-state index contributed by atoms with van der Waals surface area (Å²) in [5.74, 6) is 2.34. The molecule has 2 aromatic rings. The number of aromatic nitrogens is 2. The highest BCUT2D eigenvalue weighted by Gasteiger charge is 2.17. The van der Waals surface area contributed by atoms with Crippen LogP contribution >= 0.6 is 11.8 Å². The van der Waals surface area contributed by atoms with E-state index in [9.17, 15) is 0 Å². The predicted molar refractivity (Wildman–Crippen MR) is 85.0 cm³/mol. The average Bonchev–Trinajstić information content (AvgIpc) is 3.17. The summed E-state index contributed by atoms with van der Waals surface area (Å²) in [4.78, 5) is 4.50. The lowest BCUT2D eigenvalue weighted by molar-refractivity contribution is 0.380. The number of thioether (sulfide) groups is 1. The molecule has 1 aliphatic carbocycles. The minimum Gasteiger partial charge on any atom is -0.339 e. The maximum atomic E-state index is 5.76. The Kier molecular flexibility index (Phi) is 4.93. The molecule has 1 aromatic heterocycles. The Bertz CT molecular complexity index is 578. The molecule has 1 aliphatic rings. The first-order valence-corrected chi connectivity index (χ1v) is 8.60. The van der Waals surface area contributed by atoms with Crippen molar-refractivity contribution in [3.8, 4) is 0 Å². The van der Waals surface area contributed by atoms with E-state index in [4.69, 9.17) is 10.3 Å². The number of nitrogens with two attached hydrogens (primary N) is 1. The number of hydrogen-bond donors (Lipinski definition) is 1. The van der Waals surface area contributed by atoms with Crippen molar-refractivity contribution in [1.29, 1.82) is 0 Å². The molecule has 5 heteroatoms. The molecule has 1 heterocycles. The SMILES string of the molecule is NCc1ccccc1Cc1nc(CSC2CCCC2)no1. The van der Waals surface area contributed by atoms with Gasteiger partial charge < -0.3 is 10.3 Å². The van der Waals surface area contributed by atoms with Crippen molar-refractivity contribution in [2.75, 3.05) is 0 Å². The van der Waals surface area contributed by atoms with E-state index in [2.05, 4.69) is 16.2 Å². The van der Waals surface area contributed by atoms with Gasteiger partial charge in [-0.2, -0.15) is 16.7 Å². The highest BCUT2D eigenvalue weighted by molar-refractivity contribution is 7.99. The molecule has 1 fully saturated rings. The Morgan fingerprint density at radius 3 is 2.71 bits per heavy atom. The van der Waals surface area contributed by atoms with Crippen LogP contribution in [0, 0.1) is 0 Å². The standard InChI is InChI=1S/C16H21N3OS/c17-10-13-6-2-1-5-12(13)9-16-18-15(19-20-16)11-21-14-7-3-4-8-14/h1-2,5-6,14H,3-4,7-11,17H2. The van der Waals surface area contributed by atoms with E-state index >= 15 is 0 Å². The van der Waals surface area contributed by atoms with Gasteiger partial charge in [-0.1, -0.05) is 42.3 Å². The third-order valence-corrected chi connectivity index (χ3v) is 5.31. The Morgan fingerprint density at radius 1 is 1.19 bits per heavy atom. The van der Waals surface area contributed by atoms with Gasteiger partial charge in [0.2, 0.25) is 5.89 Å². The zero-order valence-electron chi connectivity index (χ0n) is 12.1. The second-order valence-corrected chi connectivity index (χ2v) is 6.76. The average molecular weight is 303 g/mol. The first-order chi connectivity index (χ1) is 10.3. The summed E-state index contributed by atoms with van der Waals surface area (Å²) < 4.78 is 5.37. The van der Waals surface area contributed by atoms with Gasteiger partial charge in [0.15, 0.2) is 5.82 Å².